The Kier molecular flexibility index (Phi) is 13.7. The Morgan fingerprint density at radius 1 is 1.21 bits per heavy atom. The SMILES string of the molecule is CN=C(C)C(=O)NC.COCCc1ccc2nc(CC(C)OC(C)(C)C(F)(F)F)[nH]c2c1.O=C1NCC(C(F)(F)F)N1. The second kappa shape index (κ2) is 15.7. The summed E-state index contributed by atoms with van der Waals surface area (Å²) < 4.78 is 83.9. The number of nitrogens with one attached hydrogen (secondary N) is 4. The first-order valence-corrected chi connectivity index (χ1v) is 12.8. The number of hydrogen-bond acceptors (Lipinski definition) is 6. The molecule has 0 bridgehead atoms. The molecule has 1 aliphatic rings. The van der Waals surface area contributed by atoms with E-state index in [0.29, 0.717) is 18.1 Å². The van der Waals surface area contributed by atoms with E-state index in [4.69, 9.17) is 9.47 Å². The number of imidazole rings is 1. The van der Waals surface area contributed by atoms with Crippen LogP contribution in [0.15, 0.2) is 23.2 Å². The highest BCUT2D eigenvalue weighted by atomic mass is 19.4. The molecule has 0 aliphatic carbocycles. The van der Waals surface area contributed by atoms with Crippen molar-refractivity contribution in [3.63, 3.8) is 0 Å². The molecule has 3 amide bonds. The third kappa shape index (κ3) is 11.8. The van der Waals surface area contributed by atoms with Crippen molar-refractivity contribution in [2.24, 2.45) is 4.99 Å². The third-order valence-corrected chi connectivity index (χ3v) is 5.91. The molecule has 2 unspecified atom stereocenters. The average molecular weight is 613 g/mol. The molecule has 3 rings (SSSR count). The second-order valence-corrected chi connectivity index (χ2v) is 9.76. The number of fused-ring (bicyclic) bond motifs is 1. The molecule has 4 N–H and O–H groups in total. The van der Waals surface area contributed by atoms with Crippen LogP contribution in [0.25, 0.3) is 11.0 Å². The van der Waals surface area contributed by atoms with Crippen LogP contribution in [0.3, 0.4) is 0 Å². The van der Waals surface area contributed by atoms with E-state index in [9.17, 15) is 35.9 Å². The zero-order chi connectivity index (χ0) is 32.3. The van der Waals surface area contributed by atoms with Gasteiger partial charge in [-0.05, 0) is 51.8 Å². The Hall–Kier alpha value is -3.40. The normalized spacial score (nSPS) is 16.5. The van der Waals surface area contributed by atoms with Gasteiger partial charge < -0.3 is 30.4 Å². The predicted octanol–water partition coefficient (Wildman–Crippen LogP) is 4.09. The van der Waals surface area contributed by atoms with Gasteiger partial charge in [-0.1, -0.05) is 6.07 Å². The summed E-state index contributed by atoms with van der Waals surface area (Å²) in [5.41, 5.74) is 1.08. The van der Waals surface area contributed by atoms with Crippen LogP contribution in [0, 0.1) is 0 Å². The van der Waals surface area contributed by atoms with Gasteiger partial charge >= 0.3 is 18.4 Å². The lowest BCUT2D eigenvalue weighted by Crippen LogP contribution is -2.44. The van der Waals surface area contributed by atoms with Crippen molar-refractivity contribution in [2.45, 2.75) is 70.6 Å². The highest BCUT2D eigenvalue weighted by molar-refractivity contribution is 6.37. The Balaban J connectivity index is 0.000000401. The van der Waals surface area contributed by atoms with Gasteiger partial charge in [-0.25, -0.2) is 9.78 Å². The number of carbonyl (C=O) groups is 2. The molecule has 10 nitrogen and oxygen atoms in total. The fraction of sp³-hybridized carbons (Fsp3) is 0.615. The number of alkyl halides is 6. The van der Waals surface area contributed by atoms with Crippen molar-refractivity contribution in [3.05, 3.63) is 29.6 Å². The average Bonchev–Trinajstić information content (AvgIpc) is 3.51. The number of aliphatic imine (C=N–C) groups is 1. The number of hydrogen-bond donors (Lipinski definition) is 4. The monoisotopic (exact) mass is 612 g/mol. The largest absolute Gasteiger partial charge is 0.416 e. The van der Waals surface area contributed by atoms with Gasteiger partial charge in [-0.3, -0.25) is 9.79 Å². The van der Waals surface area contributed by atoms with Gasteiger partial charge in [-0.15, -0.1) is 0 Å². The zero-order valence-corrected chi connectivity index (χ0v) is 24.5. The highest BCUT2D eigenvalue weighted by Gasteiger charge is 2.49. The molecule has 1 saturated heterocycles. The molecule has 2 heterocycles. The lowest BCUT2D eigenvalue weighted by Gasteiger charge is -2.31. The van der Waals surface area contributed by atoms with Crippen LogP contribution in [-0.4, -0.2) is 92.1 Å². The number of rotatable bonds is 8. The summed E-state index contributed by atoms with van der Waals surface area (Å²) in [6, 6.07) is 3.36. The van der Waals surface area contributed by atoms with Crippen molar-refractivity contribution in [1.29, 1.82) is 0 Å². The van der Waals surface area contributed by atoms with Crippen molar-refractivity contribution in [2.75, 3.05) is 34.4 Å². The quantitative estimate of drug-likeness (QED) is 0.264. The summed E-state index contributed by atoms with van der Waals surface area (Å²) in [6.07, 6.45) is -8.29. The van der Waals surface area contributed by atoms with Gasteiger partial charge in [0, 0.05) is 34.2 Å². The van der Waals surface area contributed by atoms with E-state index in [1.54, 1.807) is 40.4 Å². The number of nitrogens with zero attached hydrogens (tertiary/aromatic N) is 2. The summed E-state index contributed by atoms with van der Waals surface area (Å²) in [5, 5.41) is 6.17. The molecule has 1 fully saturated rings. The minimum atomic E-state index is -4.41. The molecule has 238 valence electrons. The first kappa shape index (κ1) is 36.6. The van der Waals surface area contributed by atoms with Crippen LogP contribution >= 0.6 is 0 Å². The zero-order valence-electron chi connectivity index (χ0n) is 24.5. The van der Waals surface area contributed by atoms with Gasteiger partial charge in [0.1, 0.15) is 11.9 Å². The summed E-state index contributed by atoms with van der Waals surface area (Å²) in [5.74, 6) is 0.492. The summed E-state index contributed by atoms with van der Waals surface area (Å²) in [6.45, 7) is 5.60. The molecule has 16 heteroatoms. The summed E-state index contributed by atoms with van der Waals surface area (Å²) in [4.78, 5) is 31.9. The van der Waals surface area contributed by atoms with Gasteiger partial charge in [0.15, 0.2) is 5.60 Å². The Bertz CT molecular complexity index is 1200. The molecular formula is C26H38F6N6O4. The van der Waals surface area contributed by atoms with Gasteiger partial charge in [0.2, 0.25) is 0 Å². The van der Waals surface area contributed by atoms with Gasteiger partial charge in [-0.2, -0.15) is 26.3 Å². The molecule has 0 radical (unpaired) electrons. The van der Waals surface area contributed by atoms with Crippen molar-refractivity contribution < 1.29 is 45.4 Å². The Labute approximate surface area is 240 Å². The molecule has 0 saturated carbocycles. The number of halogens is 6. The van der Waals surface area contributed by atoms with Crippen molar-refractivity contribution in [1.82, 2.24) is 25.9 Å². The standard InChI is InChI=1S/C17H23F3N2O2.C5H10N2O.C4H5F3N2O/c1-11(24-16(2,3)17(18,19)20)9-15-21-13-6-5-12(7-8-23-4)10-14(13)22-15;1-4(6-2)5(8)7-3;5-4(6,7)2-1-8-3(10)9-2/h5-6,10-11H,7-9H2,1-4H3,(H,21,22);1-3H3,(H,7,8);2H,1H2,(H2,8,9,10). The molecule has 0 spiro atoms. The first-order valence-electron chi connectivity index (χ1n) is 12.8. The van der Waals surface area contributed by atoms with Crippen LogP contribution in [-0.2, 0) is 27.1 Å². The predicted molar refractivity (Wildman–Crippen MR) is 146 cm³/mol. The molecule has 1 aliphatic heterocycles. The molecule has 1 aromatic heterocycles. The van der Waals surface area contributed by atoms with Gasteiger partial charge in [0.05, 0.1) is 29.5 Å². The van der Waals surface area contributed by atoms with E-state index in [-0.39, 0.29) is 18.9 Å². The first-order chi connectivity index (χ1) is 19.3. The van der Waals surface area contributed by atoms with Crippen LogP contribution in [0.2, 0.25) is 0 Å². The van der Waals surface area contributed by atoms with E-state index in [1.807, 2.05) is 23.5 Å². The van der Waals surface area contributed by atoms with E-state index >= 15 is 0 Å². The Morgan fingerprint density at radius 2 is 1.86 bits per heavy atom. The lowest BCUT2D eigenvalue weighted by molar-refractivity contribution is -0.274. The maximum Gasteiger partial charge on any atom is 0.416 e. The fourth-order valence-electron chi connectivity index (χ4n) is 3.40. The number of benzene rings is 1. The van der Waals surface area contributed by atoms with Gasteiger partial charge in [0.25, 0.3) is 5.91 Å². The maximum atomic E-state index is 12.9. The minimum Gasteiger partial charge on any atom is -0.384 e. The second-order valence-electron chi connectivity index (χ2n) is 9.76. The number of ether oxygens (including phenoxy) is 2. The van der Waals surface area contributed by atoms with Crippen molar-refractivity contribution >= 4 is 28.7 Å². The third-order valence-electron chi connectivity index (χ3n) is 5.91. The molecular weight excluding hydrogens is 574 g/mol. The fourth-order valence-corrected chi connectivity index (χ4v) is 3.40. The molecule has 2 atom stereocenters. The molecule has 1 aromatic carbocycles. The number of H-pyrrole nitrogens is 1. The van der Waals surface area contributed by atoms with E-state index < -0.39 is 36.1 Å². The highest BCUT2D eigenvalue weighted by Crippen LogP contribution is 2.34. The number of aromatic amines is 1. The smallest absolute Gasteiger partial charge is 0.384 e. The number of amides is 3. The van der Waals surface area contributed by atoms with Crippen LogP contribution in [0.1, 0.15) is 39.1 Å². The summed E-state index contributed by atoms with van der Waals surface area (Å²) >= 11 is 0. The summed E-state index contributed by atoms with van der Waals surface area (Å²) in [7, 11) is 4.82. The van der Waals surface area contributed by atoms with Crippen LogP contribution < -0.4 is 16.0 Å². The van der Waals surface area contributed by atoms with Crippen molar-refractivity contribution in [3.8, 4) is 0 Å². The topological polar surface area (TPSA) is 130 Å². The van der Waals surface area contributed by atoms with E-state index in [0.717, 1.165) is 36.9 Å². The van der Waals surface area contributed by atoms with Crippen LogP contribution in [0.5, 0.6) is 0 Å². The Morgan fingerprint density at radius 3 is 2.29 bits per heavy atom. The maximum absolute atomic E-state index is 12.9. The molecule has 42 heavy (non-hydrogen) atoms. The van der Waals surface area contributed by atoms with E-state index in [2.05, 4.69) is 20.3 Å². The minimum absolute atomic E-state index is 0.118. The number of aromatic nitrogens is 2. The number of methoxy groups -OCH3 is 1. The number of carbonyl (C=O) groups excluding carboxylic acids is 2. The lowest BCUT2D eigenvalue weighted by atomic mass is 10.1. The molecule has 2 aromatic rings. The number of urea groups is 1. The van der Waals surface area contributed by atoms with Crippen LogP contribution in [0.4, 0.5) is 31.1 Å². The van der Waals surface area contributed by atoms with E-state index in [1.165, 1.54) is 0 Å².